The molecule has 1 N–H and O–H groups in total. The van der Waals surface area contributed by atoms with Crippen LogP contribution in [0.25, 0.3) is 10.9 Å². The molecular formula is C15H15NO3. The fraction of sp³-hybridized carbons (Fsp3) is 0.200. The van der Waals surface area contributed by atoms with Crippen LogP contribution >= 0.6 is 0 Å². The maximum absolute atomic E-state index is 12.1. The van der Waals surface area contributed by atoms with Gasteiger partial charge in [-0.1, -0.05) is 24.3 Å². The zero-order chi connectivity index (χ0) is 13.8. The number of hydrogen-bond acceptors (Lipinski definition) is 3. The van der Waals surface area contributed by atoms with Gasteiger partial charge in [0.25, 0.3) is 5.56 Å². The van der Waals surface area contributed by atoms with Crippen molar-refractivity contribution < 1.29 is 9.53 Å². The largest absolute Gasteiger partial charge is 0.462 e. The Hall–Kier alpha value is -2.36. The van der Waals surface area contributed by atoms with E-state index < -0.39 is 11.5 Å². The summed E-state index contributed by atoms with van der Waals surface area (Å²) in [4.78, 5) is 26.7. The number of carbonyl (C=O) groups is 1. The number of esters is 1. The molecule has 2 rings (SSSR count). The van der Waals surface area contributed by atoms with Crippen LogP contribution in [0.5, 0.6) is 0 Å². The minimum Gasteiger partial charge on any atom is -0.462 e. The maximum atomic E-state index is 12.1. The number of aromatic nitrogens is 1. The Bertz CT molecular complexity index is 685. The van der Waals surface area contributed by atoms with Crippen molar-refractivity contribution in [1.29, 1.82) is 0 Å². The predicted octanol–water partition coefficient (Wildman–Crippen LogP) is 2.43. The van der Waals surface area contributed by atoms with Crippen LogP contribution in [-0.2, 0) is 11.2 Å². The van der Waals surface area contributed by atoms with E-state index in [9.17, 15) is 9.59 Å². The van der Waals surface area contributed by atoms with Crippen LogP contribution in [0.1, 0.15) is 22.8 Å². The van der Waals surface area contributed by atoms with Gasteiger partial charge in [0.05, 0.1) is 6.61 Å². The van der Waals surface area contributed by atoms with Crippen molar-refractivity contribution in [1.82, 2.24) is 4.98 Å². The zero-order valence-electron chi connectivity index (χ0n) is 10.7. The van der Waals surface area contributed by atoms with Crippen molar-refractivity contribution in [2.45, 2.75) is 13.3 Å². The first-order valence-corrected chi connectivity index (χ1v) is 6.11. The molecule has 0 fully saturated rings. The molecule has 4 heteroatoms. The number of pyridine rings is 1. The molecule has 0 atom stereocenters. The zero-order valence-corrected chi connectivity index (χ0v) is 10.7. The number of rotatable bonds is 4. The number of ether oxygens (including phenoxy) is 1. The number of allylic oxidation sites excluding steroid dienone is 1. The molecular weight excluding hydrogens is 242 g/mol. The molecule has 0 saturated heterocycles. The predicted molar refractivity (Wildman–Crippen MR) is 74.4 cm³/mol. The lowest BCUT2D eigenvalue weighted by atomic mass is 10.0. The SMILES string of the molecule is C=CCc1c(C(=O)OCC)c(=O)[nH]c2ccccc12. The highest BCUT2D eigenvalue weighted by Crippen LogP contribution is 2.19. The number of aromatic amines is 1. The Morgan fingerprint density at radius 1 is 1.42 bits per heavy atom. The molecule has 0 aliphatic heterocycles. The van der Waals surface area contributed by atoms with Gasteiger partial charge in [-0.2, -0.15) is 0 Å². The molecule has 0 saturated carbocycles. The molecule has 2 aromatic rings. The smallest absolute Gasteiger partial charge is 0.344 e. The lowest BCUT2D eigenvalue weighted by molar-refractivity contribution is 0.0523. The Balaban J connectivity index is 2.77. The van der Waals surface area contributed by atoms with Gasteiger partial charge < -0.3 is 9.72 Å². The minimum absolute atomic E-state index is 0.0699. The van der Waals surface area contributed by atoms with E-state index in [1.807, 2.05) is 18.2 Å². The minimum atomic E-state index is -0.591. The third kappa shape index (κ3) is 2.42. The van der Waals surface area contributed by atoms with E-state index in [2.05, 4.69) is 11.6 Å². The summed E-state index contributed by atoms with van der Waals surface area (Å²) in [6, 6.07) is 7.37. The number of H-pyrrole nitrogens is 1. The molecule has 98 valence electrons. The molecule has 0 bridgehead atoms. The van der Waals surface area contributed by atoms with E-state index in [1.165, 1.54) is 0 Å². The molecule has 1 aromatic heterocycles. The highest BCUT2D eigenvalue weighted by molar-refractivity contribution is 5.97. The van der Waals surface area contributed by atoms with Gasteiger partial charge in [0, 0.05) is 10.9 Å². The van der Waals surface area contributed by atoms with Crippen molar-refractivity contribution in [3.63, 3.8) is 0 Å². The molecule has 0 amide bonds. The second-order valence-electron chi connectivity index (χ2n) is 4.07. The van der Waals surface area contributed by atoms with E-state index >= 15 is 0 Å². The van der Waals surface area contributed by atoms with Crippen LogP contribution in [0.2, 0.25) is 0 Å². The number of para-hydroxylation sites is 1. The third-order valence-corrected chi connectivity index (χ3v) is 2.86. The van der Waals surface area contributed by atoms with Crippen molar-refractivity contribution in [3.05, 3.63) is 58.4 Å². The Labute approximate surface area is 110 Å². The molecule has 0 aliphatic rings. The molecule has 1 aromatic carbocycles. The van der Waals surface area contributed by atoms with Gasteiger partial charge >= 0.3 is 5.97 Å². The summed E-state index contributed by atoms with van der Waals surface area (Å²) >= 11 is 0. The maximum Gasteiger partial charge on any atom is 0.344 e. The molecule has 0 radical (unpaired) electrons. The van der Waals surface area contributed by atoms with Gasteiger partial charge in [0.2, 0.25) is 0 Å². The number of carbonyl (C=O) groups excluding carboxylic acids is 1. The van der Waals surface area contributed by atoms with E-state index in [4.69, 9.17) is 4.74 Å². The first-order chi connectivity index (χ1) is 9.19. The molecule has 19 heavy (non-hydrogen) atoms. The average Bonchev–Trinajstić information content (AvgIpc) is 2.39. The quantitative estimate of drug-likeness (QED) is 0.676. The van der Waals surface area contributed by atoms with Gasteiger partial charge in [-0.05, 0) is 25.0 Å². The Kier molecular flexibility index (Phi) is 3.80. The topological polar surface area (TPSA) is 59.2 Å². The highest BCUT2D eigenvalue weighted by Gasteiger charge is 2.19. The molecule has 4 nitrogen and oxygen atoms in total. The van der Waals surface area contributed by atoms with Gasteiger partial charge in [-0.3, -0.25) is 4.79 Å². The van der Waals surface area contributed by atoms with Crippen molar-refractivity contribution in [3.8, 4) is 0 Å². The Morgan fingerprint density at radius 3 is 2.84 bits per heavy atom. The summed E-state index contributed by atoms with van der Waals surface area (Å²) in [7, 11) is 0. The van der Waals surface area contributed by atoms with Crippen molar-refractivity contribution >= 4 is 16.9 Å². The summed E-state index contributed by atoms with van der Waals surface area (Å²) < 4.78 is 4.95. The third-order valence-electron chi connectivity index (χ3n) is 2.86. The first-order valence-electron chi connectivity index (χ1n) is 6.11. The summed E-state index contributed by atoms with van der Waals surface area (Å²) in [5.74, 6) is -0.591. The van der Waals surface area contributed by atoms with E-state index in [0.29, 0.717) is 17.5 Å². The normalized spacial score (nSPS) is 10.4. The highest BCUT2D eigenvalue weighted by atomic mass is 16.5. The van der Waals surface area contributed by atoms with Crippen LogP contribution in [-0.4, -0.2) is 17.6 Å². The second kappa shape index (κ2) is 5.52. The standard InChI is InChI=1S/C15H15NO3/c1-3-7-11-10-8-5-6-9-12(10)16-14(17)13(11)15(18)19-4-2/h3,5-6,8-9H,1,4,7H2,2H3,(H,16,17). The van der Waals surface area contributed by atoms with Crippen LogP contribution < -0.4 is 5.56 Å². The monoisotopic (exact) mass is 257 g/mol. The summed E-state index contributed by atoms with van der Waals surface area (Å²) in [5, 5.41) is 0.838. The summed E-state index contributed by atoms with van der Waals surface area (Å²) in [6.45, 7) is 5.62. The van der Waals surface area contributed by atoms with Crippen LogP contribution in [0.4, 0.5) is 0 Å². The fourth-order valence-electron chi connectivity index (χ4n) is 2.09. The molecule has 1 heterocycles. The second-order valence-corrected chi connectivity index (χ2v) is 4.07. The molecule has 0 unspecified atom stereocenters. The number of fused-ring (bicyclic) bond motifs is 1. The lowest BCUT2D eigenvalue weighted by Crippen LogP contribution is -2.22. The van der Waals surface area contributed by atoms with Gasteiger partial charge in [0.15, 0.2) is 0 Å². The van der Waals surface area contributed by atoms with Crippen LogP contribution in [0.15, 0.2) is 41.7 Å². The van der Waals surface area contributed by atoms with Gasteiger partial charge in [-0.25, -0.2) is 4.79 Å². The summed E-state index contributed by atoms with van der Waals surface area (Å²) in [5.41, 5.74) is 1.01. The fourth-order valence-corrected chi connectivity index (χ4v) is 2.09. The van der Waals surface area contributed by atoms with Crippen molar-refractivity contribution in [2.75, 3.05) is 6.61 Å². The molecule has 0 aliphatic carbocycles. The first kappa shape index (κ1) is 13.1. The number of benzene rings is 1. The van der Waals surface area contributed by atoms with Gasteiger partial charge in [0.1, 0.15) is 5.56 Å². The number of nitrogens with one attached hydrogen (secondary N) is 1. The summed E-state index contributed by atoms with van der Waals surface area (Å²) in [6.07, 6.45) is 2.11. The van der Waals surface area contributed by atoms with Crippen LogP contribution in [0, 0.1) is 0 Å². The van der Waals surface area contributed by atoms with E-state index in [0.717, 1.165) is 5.39 Å². The van der Waals surface area contributed by atoms with Crippen molar-refractivity contribution in [2.24, 2.45) is 0 Å². The molecule has 0 spiro atoms. The number of hydrogen-bond donors (Lipinski definition) is 1. The lowest BCUT2D eigenvalue weighted by Gasteiger charge is -2.10. The van der Waals surface area contributed by atoms with E-state index in [1.54, 1.807) is 19.1 Å². The Morgan fingerprint density at radius 2 is 2.16 bits per heavy atom. The average molecular weight is 257 g/mol. The van der Waals surface area contributed by atoms with Crippen LogP contribution in [0.3, 0.4) is 0 Å². The van der Waals surface area contributed by atoms with Gasteiger partial charge in [-0.15, -0.1) is 6.58 Å². The van der Waals surface area contributed by atoms with E-state index in [-0.39, 0.29) is 12.2 Å².